The number of Topliss-reactive ketones (excluding diaryl/α,β-unsaturated/α-hetero) is 1. The molecular weight excluding hydrogens is 359 g/mol. The summed E-state index contributed by atoms with van der Waals surface area (Å²) in [5.74, 6) is 0.180. The van der Waals surface area contributed by atoms with Gasteiger partial charge in [0.2, 0.25) is 0 Å². The molecule has 0 saturated carbocycles. The van der Waals surface area contributed by atoms with Crippen LogP contribution in [-0.4, -0.2) is 23.9 Å². The SMILES string of the molecule is Cc1ccc(-c2cccc(C(=O)CCCCCCCOP(C)(=O)O)c2)cc1. The third kappa shape index (κ3) is 8.21. The van der Waals surface area contributed by atoms with Crippen molar-refractivity contribution in [3.05, 3.63) is 59.7 Å². The quantitative estimate of drug-likeness (QED) is 0.291. The second-order valence-corrected chi connectivity index (χ2v) is 8.89. The molecule has 2 rings (SSSR count). The summed E-state index contributed by atoms with van der Waals surface area (Å²) in [6, 6.07) is 16.1. The summed E-state index contributed by atoms with van der Waals surface area (Å²) < 4.78 is 15.8. The summed E-state index contributed by atoms with van der Waals surface area (Å²) in [7, 11) is -3.35. The first kappa shape index (κ1) is 21.6. The molecule has 0 aliphatic rings. The number of benzene rings is 2. The van der Waals surface area contributed by atoms with E-state index in [2.05, 4.69) is 31.2 Å². The average Bonchev–Trinajstić information content (AvgIpc) is 2.63. The zero-order chi connectivity index (χ0) is 19.7. The van der Waals surface area contributed by atoms with Gasteiger partial charge in [0.15, 0.2) is 5.78 Å². The van der Waals surface area contributed by atoms with Crippen LogP contribution in [0.5, 0.6) is 0 Å². The number of aryl methyl sites for hydroxylation is 1. The molecule has 1 atom stereocenters. The van der Waals surface area contributed by atoms with Crippen LogP contribution in [0.1, 0.15) is 54.4 Å². The highest BCUT2D eigenvalue weighted by Crippen LogP contribution is 2.36. The van der Waals surface area contributed by atoms with E-state index in [1.165, 1.54) is 12.2 Å². The Balaban J connectivity index is 1.72. The van der Waals surface area contributed by atoms with Crippen LogP contribution in [0.25, 0.3) is 11.1 Å². The third-order valence-electron chi connectivity index (χ3n) is 4.45. The van der Waals surface area contributed by atoms with Crippen molar-refractivity contribution in [2.75, 3.05) is 13.3 Å². The van der Waals surface area contributed by atoms with Crippen molar-refractivity contribution in [1.82, 2.24) is 0 Å². The number of rotatable bonds is 11. The Bertz CT molecular complexity index is 777. The molecule has 1 unspecified atom stereocenters. The van der Waals surface area contributed by atoms with E-state index in [4.69, 9.17) is 9.42 Å². The van der Waals surface area contributed by atoms with Crippen LogP contribution in [0.15, 0.2) is 48.5 Å². The molecular formula is C22H29O4P. The maximum atomic E-state index is 12.4. The molecule has 0 heterocycles. The van der Waals surface area contributed by atoms with Crippen molar-refractivity contribution in [2.24, 2.45) is 0 Å². The van der Waals surface area contributed by atoms with Gasteiger partial charge >= 0.3 is 7.60 Å². The average molecular weight is 388 g/mol. The molecule has 0 radical (unpaired) electrons. The molecule has 0 spiro atoms. The van der Waals surface area contributed by atoms with E-state index in [0.717, 1.165) is 48.8 Å². The lowest BCUT2D eigenvalue weighted by Gasteiger charge is -2.07. The van der Waals surface area contributed by atoms with Crippen molar-refractivity contribution in [2.45, 2.75) is 45.4 Å². The largest absolute Gasteiger partial charge is 0.325 e. The Hall–Kier alpha value is -1.74. The molecule has 1 N–H and O–H groups in total. The minimum absolute atomic E-state index is 0.180. The number of carbonyl (C=O) groups is 1. The van der Waals surface area contributed by atoms with Crippen LogP contribution in [0.3, 0.4) is 0 Å². The Morgan fingerprint density at radius 2 is 1.63 bits per heavy atom. The van der Waals surface area contributed by atoms with E-state index in [1.807, 2.05) is 24.3 Å². The van der Waals surface area contributed by atoms with Crippen molar-refractivity contribution in [3.63, 3.8) is 0 Å². The Morgan fingerprint density at radius 1 is 0.963 bits per heavy atom. The van der Waals surface area contributed by atoms with Gasteiger partial charge in [-0.1, -0.05) is 67.3 Å². The lowest BCUT2D eigenvalue weighted by molar-refractivity contribution is 0.0979. The Morgan fingerprint density at radius 3 is 2.33 bits per heavy atom. The van der Waals surface area contributed by atoms with Crippen molar-refractivity contribution < 1.29 is 18.8 Å². The van der Waals surface area contributed by atoms with Crippen LogP contribution < -0.4 is 0 Å². The number of hydrogen-bond acceptors (Lipinski definition) is 3. The van der Waals surface area contributed by atoms with Gasteiger partial charge in [-0.05, 0) is 37.0 Å². The number of hydrogen-bond donors (Lipinski definition) is 1. The zero-order valence-corrected chi connectivity index (χ0v) is 17.1. The maximum Gasteiger partial charge on any atom is 0.325 e. The van der Waals surface area contributed by atoms with Crippen LogP contribution in [0.4, 0.5) is 0 Å². The topological polar surface area (TPSA) is 63.6 Å². The summed E-state index contributed by atoms with van der Waals surface area (Å²) in [5.41, 5.74) is 4.18. The van der Waals surface area contributed by atoms with Gasteiger partial charge in [0.05, 0.1) is 6.61 Å². The van der Waals surface area contributed by atoms with Gasteiger partial charge in [0.1, 0.15) is 0 Å². The normalized spacial score (nSPS) is 13.3. The molecule has 0 bridgehead atoms. The molecule has 0 aliphatic heterocycles. The zero-order valence-electron chi connectivity index (χ0n) is 16.2. The summed E-state index contributed by atoms with van der Waals surface area (Å²) in [5, 5.41) is 0. The van der Waals surface area contributed by atoms with Crippen LogP contribution >= 0.6 is 7.60 Å². The lowest BCUT2D eigenvalue weighted by atomic mass is 9.98. The number of unbranched alkanes of at least 4 members (excludes halogenated alkanes) is 4. The molecule has 27 heavy (non-hydrogen) atoms. The monoisotopic (exact) mass is 388 g/mol. The van der Waals surface area contributed by atoms with Gasteiger partial charge in [-0.25, -0.2) is 0 Å². The van der Waals surface area contributed by atoms with Crippen molar-refractivity contribution in [3.8, 4) is 11.1 Å². The smallest absolute Gasteiger partial charge is 0.324 e. The molecule has 0 aromatic heterocycles. The molecule has 2 aromatic carbocycles. The summed E-state index contributed by atoms with van der Waals surface area (Å²) in [6.07, 6.45) is 5.10. The maximum absolute atomic E-state index is 12.4. The van der Waals surface area contributed by atoms with Gasteiger partial charge in [-0.3, -0.25) is 9.36 Å². The van der Waals surface area contributed by atoms with E-state index in [0.29, 0.717) is 13.0 Å². The molecule has 0 saturated heterocycles. The van der Waals surface area contributed by atoms with Crippen LogP contribution in [0, 0.1) is 6.92 Å². The molecule has 0 aliphatic carbocycles. The highest BCUT2D eigenvalue weighted by molar-refractivity contribution is 7.51. The van der Waals surface area contributed by atoms with E-state index in [9.17, 15) is 9.36 Å². The van der Waals surface area contributed by atoms with Gasteiger partial charge in [0, 0.05) is 18.6 Å². The first-order valence-corrected chi connectivity index (χ1v) is 11.5. The molecule has 4 nitrogen and oxygen atoms in total. The van der Waals surface area contributed by atoms with Gasteiger partial charge in [-0.2, -0.15) is 0 Å². The minimum Gasteiger partial charge on any atom is -0.324 e. The minimum atomic E-state index is -3.35. The molecule has 2 aromatic rings. The molecule has 0 amide bonds. The first-order chi connectivity index (χ1) is 12.8. The van der Waals surface area contributed by atoms with E-state index in [-0.39, 0.29) is 5.78 Å². The van der Waals surface area contributed by atoms with E-state index >= 15 is 0 Å². The molecule has 0 fully saturated rings. The van der Waals surface area contributed by atoms with Crippen LogP contribution in [-0.2, 0) is 9.09 Å². The number of ketones is 1. The van der Waals surface area contributed by atoms with Crippen molar-refractivity contribution in [1.29, 1.82) is 0 Å². The number of carbonyl (C=O) groups excluding carboxylic acids is 1. The molecule has 5 heteroatoms. The first-order valence-electron chi connectivity index (χ1n) is 9.50. The lowest BCUT2D eigenvalue weighted by Crippen LogP contribution is -1.99. The Labute approximate surface area is 162 Å². The Kier molecular flexibility index (Phi) is 8.43. The highest BCUT2D eigenvalue weighted by atomic mass is 31.2. The summed E-state index contributed by atoms with van der Waals surface area (Å²) in [4.78, 5) is 21.5. The fourth-order valence-electron chi connectivity index (χ4n) is 2.91. The fourth-order valence-corrected chi connectivity index (χ4v) is 3.38. The predicted octanol–water partition coefficient (Wildman–Crippen LogP) is 6.02. The third-order valence-corrected chi connectivity index (χ3v) is 5.11. The standard InChI is InChI=1S/C22H29O4P/c1-18-12-14-19(15-13-18)20-9-8-10-21(17-20)22(23)11-6-4-3-5-7-16-26-27(2,24)25/h8-10,12-15,17H,3-7,11,16H2,1-2H3,(H,24,25). The summed E-state index contributed by atoms with van der Waals surface area (Å²) in [6.45, 7) is 3.58. The van der Waals surface area contributed by atoms with E-state index < -0.39 is 7.60 Å². The van der Waals surface area contributed by atoms with Gasteiger partial charge in [-0.15, -0.1) is 0 Å². The molecule has 146 valence electrons. The predicted molar refractivity (Wildman–Crippen MR) is 110 cm³/mol. The van der Waals surface area contributed by atoms with Crippen molar-refractivity contribution >= 4 is 13.4 Å². The summed E-state index contributed by atoms with van der Waals surface area (Å²) >= 11 is 0. The van der Waals surface area contributed by atoms with Gasteiger partial charge in [0.25, 0.3) is 0 Å². The highest BCUT2D eigenvalue weighted by Gasteiger charge is 2.09. The van der Waals surface area contributed by atoms with Crippen LogP contribution in [0.2, 0.25) is 0 Å². The fraction of sp³-hybridized carbons (Fsp3) is 0.409. The van der Waals surface area contributed by atoms with E-state index in [1.54, 1.807) is 0 Å². The second-order valence-electron chi connectivity index (χ2n) is 7.02. The second kappa shape index (κ2) is 10.6. The van der Waals surface area contributed by atoms with Gasteiger partial charge < -0.3 is 9.42 Å².